The fourth-order valence-corrected chi connectivity index (χ4v) is 7.84. The molecule has 0 atom stereocenters. The third-order valence-corrected chi connectivity index (χ3v) is 10.6. The summed E-state index contributed by atoms with van der Waals surface area (Å²) >= 11 is 0. The van der Waals surface area contributed by atoms with E-state index in [9.17, 15) is 0 Å². The molecule has 0 saturated carbocycles. The summed E-state index contributed by atoms with van der Waals surface area (Å²) in [4.78, 5) is 15.0. The summed E-state index contributed by atoms with van der Waals surface area (Å²) in [5.74, 6) is 0.639. The predicted molar refractivity (Wildman–Crippen MR) is 227 cm³/mol. The van der Waals surface area contributed by atoms with Crippen LogP contribution in [-0.4, -0.2) is 15.0 Å². The molecule has 4 aromatic heterocycles. The van der Waals surface area contributed by atoms with Gasteiger partial charge in [-0.3, -0.25) is 4.98 Å². The van der Waals surface area contributed by atoms with Gasteiger partial charge in [0.1, 0.15) is 22.3 Å². The van der Waals surface area contributed by atoms with E-state index in [-0.39, 0.29) is 0 Å². The summed E-state index contributed by atoms with van der Waals surface area (Å²) in [5, 5.41) is 4.40. The highest BCUT2D eigenvalue weighted by molar-refractivity contribution is 6.07. The van der Waals surface area contributed by atoms with E-state index in [1.165, 1.54) is 0 Å². The predicted octanol–water partition coefficient (Wildman–Crippen LogP) is 13.7. The fourth-order valence-electron chi connectivity index (χ4n) is 7.84. The van der Waals surface area contributed by atoms with Crippen LogP contribution in [0.4, 0.5) is 0 Å². The number of nitrogens with zero attached hydrogens (tertiary/aromatic N) is 3. The molecule has 0 unspecified atom stereocenters. The number of furan rings is 2. The molecular formula is C51H31N3O2. The lowest BCUT2D eigenvalue weighted by molar-refractivity contribution is 0.668. The molecule has 0 aliphatic carbocycles. The number of aromatic nitrogens is 3. The molecule has 0 fully saturated rings. The summed E-state index contributed by atoms with van der Waals surface area (Å²) in [6.07, 6.45) is 3.67. The van der Waals surface area contributed by atoms with E-state index in [2.05, 4.69) is 120 Å². The van der Waals surface area contributed by atoms with E-state index in [0.717, 1.165) is 105 Å². The van der Waals surface area contributed by atoms with Crippen LogP contribution in [0.1, 0.15) is 0 Å². The lowest BCUT2D eigenvalue weighted by Gasteiger charge is -2.14. The Hall–Kier alpha value is -7.63. The van der Waals surface area contributed by atoms with Gasteiger partial charge in [-0.25, -0.2) is 9.97 Å². The molecule has 4 heterocycles. The van der Waals surface area contributed by atoms with Crippen molar-refractivity contribution < 1.29 is 8.83 Å². The van der Waals surface area contributed by atoms with Crippen LogP contribution in [0.3, 0.4) is 0 Å². The number of hydrogen-bond acceptors (Lipinski definition) is 5. The maximum atomic E-state index is 6.36. The van der Waals surface area contributed by atoms with Gasteiger partial charge >= 0.3 is 0 Å². The highest BCUT2D eigenvalue weighted by atomic mass is 16.3. The number of pyridine rings is 1. The van der Waals surface area contributed by atoms with Gasteiger partial charge in [-0.2, -0.15) is 0 Å². The first-order valence-corrected chi connectivity index (χ1v) is 18.6. The molecule has 0 amide bonds. The molecule has 0 aliphatic rings. The van der Waals surface area contributed by atoms with Crippen LogP contribution in [0.25, 0.3) is 111 Å². The van der Waals surface area contributed by atoms with Crippen molar-refractivity contribution in [3.05, 3.63) is 188 Å². The average molecular weight is 718 g/mol. The minimum atomic E-state index is 0.639. The SMILES string of the molecule is c1ccc(-c2cc(-c3cc(-c4ccc5c(c4)oc4ccccc45)cc(-c4ccc5c(c4)oc4ccccc45)c3)nc(-c3ccccc3-c3cccnc3)n2)cc1. The second-order valence-corrected chi connectivity index (χ2v) is 14.0. The first-order chi connectivity index (χ1) is 27.7. The highest BCUT2D eigenvalue weighted by Gasteiger charge is 2.18. The summed E-state index contributed by atoms with van der Waals surface area (Å²) < 4.78 is 12.7. The van der Waals surface area contributed by atoms with E-state index in [0.29, 0.717) is 5.82 Å². The van der Waals surface area contributed by atoms with Crippen LogP contribution in [0.5, 0.6) is 0 Å². The van der Waals surface area contributed by atoms with Crippen molar-refractivity contribution in [2.24, 2.45) is 0 Å². The van der Waals surface area contributed by atoms with E-state index in [4.69, 9.17) is 18.8 Å². The number of fused-ring (bicyclic) bond motifs is 6. The molecule has 0 bridgehead atoms. The molecule has 5 nitrogen and oxygen atoms in total. The van der Waals surface area contributed by atoms with Crippen molar-refractivity contribution in [3.8, 4) is 67.3 Å². The normalized spacial score (nSPS) is 11.6. The number of hydrogen-bond donors (Lipinski definition) is 0. The third kappa shape index (κ3) is 5.53. The smallest absolute Gasteiger partial charge is 0.161 e. The molecule has 0 saturated heterocycles. The molecule has 5 heteroatoms. The van der Waals surface area contributed by atoms with E-state index in [1.54, 1.807) is 6.20 Å². The molecule has 0 spiro atoms. The minimum absolute atomic E-state index is 0.639. The summed E-state index contributed by atoms with van der Waals surface area (Å²) in [6.45, 7) is 0. The molecule has 56 heavy (non-hydrogen) atoms. The quantitative estimate of drug-likeness (QED) is 0.171. The fraction of sp³-hybridized carbons (Fsp3) is 0. The average Bonchev–Trinajstić information content (AvgIpc) is 3.84. The lowest BCUT2D eigenvalue weighted by Crippen LogP contribution is -1.98. The molecule has 11 aromatic rings. The first-order valence-electron chi connectivity index (χ1n) is 18.6. The van der Waals surface area contributed by atoms with Gasteiger partial charge in [-0.05, 0) is 94.5 Å². The topological polar surface area (TPSA) is 65.0 Å². The zero-order valence-corrected chi connectivity index (χ0v) is 30.1. The van der Waals surface area contributed by atoms with Crippen LogP contribution in [-0.2, 0) is 0 Å². The van der Waals surface area contributed by atoms with Gasteiger partial charge < -0.3 is 8.83 Å². The monoisotopic (exact) mass is 717 g/mol. The maximum absolute atomic E-state index is 6.36. The molecule has 0 radical (unpaired) electrons. The Bertz CT molecular complexity index is 3120. The van der Waals surface area contributed by atoms with Gasteiger partial charge in [-0.15, -0.1) is 0 Å². The lowest BCUT2D eigenvalue weighted by atomic mass is 9.93. The summed E-state index contributed by atoms with van der Waals surface area (Å²) in [6, 6.07) is 60.7. The van der Waals surface area contributed by atoms with Gasteiger partial charge in [0.2, 0.25) is 0 Å². The van der Waals surface area contributed by atoms with E-state index in [1.807, 2.05) is 66.9 Å². The van der Waals surface area contributed by atoms with Crippen LogP contribution >= 0.6 is 0 Å². The molecule has 0 N–H and O–H groups in total. The van der Waals surface area contributed by atoms with Gasteiger partial charge in [0, 0.05) is 56.2 Å². The second-order valence-electron chi connectivity index (χ2n) is 14.0. The third-order valence-electron chi connectivity index (χ3n) is 10.6. The van der Waals surface area contributed by atoms with Crippen LogP contribution < -0.4 is 0 Å². The van der Waals surface area contributed by atoms with Gasteiger partial charge in [0.15, 0.2) is 5.82 Å². The first kappa shape index (κ1) is 31.9. The standard InChI is InChI=1S/C51H31N3O2/c1-2-11-32(12-3-1)45-30-46(54-51(53-45)44-17-5-4-14-39(44)35-13-10-24-52-31-35)38-26-36(33-20-22-42-40-15-6-8-18-47(40)55-49(42)28-33)25-37(27-38)34-21-23-43-41-16-7-9-19-48(41)56-50(43)29-34/h1-31H. The maximum Gasteiger partial charge on any atom is 0.161 e. The Morgan fingerprint density at radius 3 is 1.46 bits per heavy atom. The number of rotatable bonds is 6. The van der Waals surface area contributed by atoms with Crippen molar-refractivity contribution in [1.82, 2.24) is 15.0 Å². The van der Waals surface area contributed by atoms with Crippen molar-refractivity contribution in [1.29, 1.82) is 0 Å². The van der Waals surface area contributed by atoms with Crippen molar-refractivity contribution in [2.75, 3.05) is 0 Å². The largest absolute Gasteiger partial charge is 0.456 e. The Labute approximate surface area is 322 Å². The van der Waals surface area contributed by atoms with Crippen LogP contribution in [0, 0.1) is 0 Å². The Morgan fingerprint density at radius 1 is 0.321 bits per heavy atom. The van der Waals surface area contributed by atoms with Crippen LogP contribution in [0.15, 0.2) is 197 Å². The highest BCUT2D eigenvalue weighted by Crippen LogP contribution is 2.39. The summed E-state index contributed by atoms with van der Waals surface area (Å²) in [5.41, 5.74) is 14.2. The minimum Gasteiger partial charge on any atom is -0.456 e. The molecule has 262 valence electrons. The van der Waals surface area contributed by atoms with E-state index < -0.39 is 0 Å². The van der Waals surface area contributed by atoms with Crippen molar-refractivity contribution >= 4 is 43.9 Å². The Morgan fingerprint density at radius 2 is 0.839 bits per heavy atom. The molecule has 7 aromatic carbocycles. The molecular weight excluding hydrogens is 687 g/mol. The molecule has 11 rings (SSSR count). The Balaban J connectivity index is 1.14. The molecule has 0 aliphatic heterocycles. The second kappa shape index (κ2) is 13.0. The zero-order chi connectivity index (χ0) is 37.0. The zero-order valence-electron chi connectivity index (χ0n) is 30.1. The van der Waals surface area contributed by atoms with Crippen LogP contribution in [0.2, 0.25) is 0 Å². The number of benzene rings is 7. The summed E-state index contributed by atoms with van der Waals surface area (Å²) in [7, 11) is 0. The Kier molecular flexibility index (Phi) is 7.42. The van der Waals surface area contributed by atoms with Gasteiger partial charge in [0.05, 0.1) is 11.4 Å². The number of para-hydroxylation sites is 2. The van der Waals surface area contributed by atoms with Gasteiger partial charge in [0.25, 0.3) is 0 Å². The van der Waals surface area contributed by atoms with Crippen molar-refractivity contribution in [3.63, 3.8) is 0 Å². The van der Waals surface area contributed by atoms with Crippen molar-refractivity contribution in [2.45, 2.75) is 0 Å². The van der Waals surface area contributed by atoms with E-state index >= 15 is 0 Å². The van der Waals surface area contributed by atoms with Gasteiger partial charge in [-0.1, -0.05) is 109 Å².